The average Bonchev–Trinajstić information content (AvgIpc) is 2.49. The summed E-state index contributed by atoms with van der Waals surface area (Å²) in [6.07, 6.45) is 12.2. The fourth-order valence-electron chi connectivity index (χ4n) is 4.06. The molecule has 2 aliphatic rings. The molecule has 1 N–H and O–H groups in total. The molecule has 1 aliphatic heterocycles. The summed E-state index contributed by atoms with van der Waals surface area (Å²) in [5.74, 6) is 0.471. The number of hydrogen-bond acceptors (Lipinski definition) is 3. The molecule has 0 radical (unpaired) electrons. The van der Waals surface area contributed by atoms with Crippen LogP contribution in [0.25, 0.3) is 0 Å². The highest BCUT2D eigenvalue weighted by Crippen LogP contribution is 2.34. The smallest absolute Gasteiger partial charge is 0.0583 e. The van der Waals surface area contributed by atoms with Crippen LogP contribution in [0.1, 0.15) is 50.5 Å². The van der Waals surface area contributed by atoms with E-state index in [1.807, 2.05) is 12.4 Å². The van der Waals surface area contributed by atoms with Crippen LogP contribution in [0.5, 0.6) is 0 Å². The number of pyridine rings is 1. The molecule has 21 heavy (non-hydrogen) atoms. The Bertz CT molecular complexity index is 468. The summed E-state index contributed by atoms with van der Waals surface area (Å²) >= 11 is 3.51. The minimum atomic E-state index is -0.0926. The van der Waals surface area contributed by atoms with E-state index in [1.165, 1.54) is 44.1 Å². The SMILES string of the molecule is OC1CCCCC1C1CCCCN1Cc1cncc(Br)c1. The van der Waals surface area contributed by atoms with Crippen LogP contribution >= 0.6 is 15.9 Å². The van der Waals surface area contributed by atoms with Gasteiger partial charge < -0.3 is 5.11 Å². The minimum Gasteiger partial charge on any atom is -0.393 e. The Labute approximate surface area is 135 Å². The normalized spacial score (nSPS) is 31.2. The van der Waals surface area contributed by atoms with Crippen molar-refractivity contribution in [3.63, 3.8) is 0 Å². The molecule has 4 heteroatoms. The molecule has 3 nitrogen and oxygen atoms in total. The van der Waals surface area contributed by atoms with Crippen molar-refractivity contribution in [2.24, 2.45) is 5.92 Å². The van der Waals surface area contributed by atoms with Crippen LogP contribution < -0.4 is 0 Å². The second-order valence-corrected chi connectivity index (χ2v) is 7.48. The Kier molecular flexibility index (Phi) is 5.30. The molecule has 2 heterocycles. The number of halogens is 1. The third kappa shape index (κ3) is 3.85. The lowest BCUT2D eigenvalue weighted by atomic mass is 9.78. The molecule has 1 aliphatic carbocycles. The maximum Gasteiger partial charge on any atom is 0.0583 e. The second-order valence-electron chi connectivity index (χ2n) is 6.56. The van der Waals surface area contributed by atoms with Crippen LogP contribution in [-0.4, -0.2) is 33.7 Å². The van der Waals surface area contributed by atoms with Gasteiger partial charge in [0.15, 0.2) is 0 Å². The third-order valence-corrected chi connectivity index (χ3v) is 5.52. The number of aliphatic hydroxyl groups is 1. The summed E-state index contributed by atoms with van der Waals surface area (Å²) in [5.41, 5.74) is 1.27. The molecule has 1 saturated carbocycles. The van der Waals surface area contributed by atoms with Gasteiger partial charge in [0.25, 0.3) is 0 Å². The van der Waals surface area contributed by atoms with Gasteiger partial charge in [0.1, 0.15) is 0 Å². The van der Waals surface area contributed by atoms with Gasteiger partial charge in [0, 0.05) is 35.4 Å². The van der Waals surface area contributed by atoms with Gasteiger partial charge in [-0.05, 0) is 59.8 Å². The van der Waals surface area contributed by atoms with Gasteiger partial charge in [-0.25, -0.2) is 0 Å². The van der Waals surface area contributed by atoms with E-state index < -0.39 is 0 Å². The summed E-state index contributed by atoms with van der Waals surface area (Å²) in [6, 6.07) is 2.71. The Morgan fingerprint density at radius 1 is 1.14 bits per heavy atom. The summed E-state index contributed by atoms with van der Waals surface area (Å²) in [7, 11) is 0. The van der Waals surface area contributed by atoms with Gasteiger partial charge >= 0.3 is 0 Å². The van der Waals surface area contributed by atoms with Crippen molar-refractivity contribution in [3.05, 3.63) is 28.5 Å². The zero-order valence-corrected chi connectivity index (χ0v) is 14.1. The van der Waals surface area contributed by atoms with Crippen LogP contribution in [0, 0.1) is 5.92 Å². The highest BCUT2D eigenvalue weighted by molar-refractivity contribution is 9.10. The van der Waals surface area contributed by atoms with Gasteiger partial charge in [-0.2, -0.15) is 0 Å². The molecular formula is C17H25BrN2O. The number of hydrogen-bond donors (Lipinski definition) is 1. The quantitative estimate of drug-likeness (QED) is 0.899. The fraction of sp³-hybridized carbons (Fsp3) is 0.706. The van der Waals surface area contributed by atoms with Crippen molar-refractivity contribution in [3.8, 4) is 0 Å². The van der Waals surface area contributed by atoms with Crippen LogP contribution in [-0.2, 0) is 6.54 Å². The zero-order valence-electron chi connectivity index (χ0n) is 12.5. The van der Waals surface area contributed by atoms with Gasteiger partial charge in [-0.3, -0.25) is 9.88 Å². The Balaban J connectivity index is 1.71. The molecule has 1 aromatic heterocycles. The van der Waals surface area contributed by atoms with Crippen LogP contribution in [0.3, 0.4) is 0 Å². The summed E-state index contributed by atoms with van der Waals surface area (Å²) in [6.45, 7) is 2.11. The van der Waals surface area contributed by atoms with Gasteiger partial charge in [-0.1, -0.05) is 19.3 Å². The van der Waals surface area contributed by atoms with E-state index >= 15 is 0 Å². The highest BCUT2D eigenvalue weighted by Gasteiger charge is 2.35. The molecule has 3 atom stereocenters. The summed E-state index contributed by atoms with van der Waals surface area (Å²) < 4.78 is 1.05. The number of nitrogens with zero attached hydrogens (tertiary/aromatic N) is 2. The Hall–Kier alpha value is -0.450. The van der Waals surface area contributed by atoms with E-state index in [-0.39, 0.29) is 6.10 Å². The van der Waals surface area contributed by atoms with Crippen molar-refractivity contribution in [1.29, 1.82) is 0 Å². The van der Waals surface area contributed by atoms with E-state index in [0.717, 1.165) is 24.0 Å². The molecule has 1 aromatic rings. The number of aromatic nitrogens is 1. The molecular weight excluding hydrogens is 328 g/mol. The van der Waals surface area contributed by atoms with E-state index in [0.29, 0.717) is 12.0 Å². The molecule has 2 fully saturated rings. The van der Waals surface area contributed by atoms with Crippen molar-refractivity contribution < 1.29 is 5.11 Å². The van der Waals surface area contributed by atoms with Crippen molar-refractivity contribution >= 4 is 15.9 Å². The number of likely N-dealkylation sites (tertiary alicyclic amines) is 1. The van der Waals surface area contributed by atoms with E-state index in [4.69, 9.17) is 0 Å². The van der Waals surface area contributed by atoms with Crippen LogP contribution in [0.2, 0.25) is 0 Å². The predicted octanol–water partition coefficient (Wildman–Crippen LogP) is 3.75. The lowest BCUT2D eigenvalue weighted by molar-refractivity contribution is -0.00864. The van der Waals surface area contributed by atoms with Gasteiger partial charge in [0.2, 0.25) is 0 Å². The Morgan fingerprint density at radius 3 is 2.76 bits per heavy atom. The average molecular weight is 353 g/mol. The summed E-state index contributed by atoms with van der Waals surface area (Å²) in [5, 5.41) is 10.4. The molecule has 1 saturated heterocycles. The van der Waals surface area contributed by atoms with Crippen molar-refractivity contribution in [2.75, 3.05) is 6.54 Å². The molecule has 0 aromatic carbocycles. The molecule has 0 spiro atoms. The van der Waals surface area contributed by atoms with Crippen molar-refractivity contribution in [2.45, 2.75) is 63.6 Å². The number of aliphatic hydroxyl groups excluding tert-OH is 1. The first-order valence-electron chi connectivity index (χ1n) is 8.25. The first-order valence-corrected chi connectivity index (χ1v) is 9.05. The Morgan fingerprint density at radius 2 is 1.95 bits per heavy atom. The summed E-state index contributed by atoms with van der Waals surface area (Å²) in [4.78, 5) is 6.87. The monoisotopic (exact) mass is 352 g/mol. The first kappa shape index (κ1) is 15.4. The van der Waals surface area contributed by atoms with Gasteiger partial charge in [-0.15, -0.1) is 0 Å². The molecule has 116 valence electrons. The minimum absolute atomic E-state index is 0.0926. The standard InChI is InChI=1S/C17H25BrN2O/c18-14-9-13(10-19-11-14)12-20-8-4-3-6-16(20)15-5-1-2-7-17(15)21/h9-11,15-17,21H,1-8,12H2. The lowest BCUT2D eigenvalue weighted by Gasteiger charge is -2.43. The largest absolute Gasteiger partial charge is 0.393 e. The molecule has 0 amide bonds. The van der Waals surface area contributed by atoms with Gasteiger partial charge in [0.05, 0.1) is 6.10 Å². The van der Waals surface area contributed by atoms with E-state index in [9.17, 15) is 5.11 Å². The predicted molar refractivity (Wildman–Crippen MR) is 88.0 cm³/mol. The highest BCUT2D eigenvalue weighted by atomic mass is 79.9. The van der Waals surface area contributed by atoms with E-state index in [1.54, 1.807) is 0 Å². The maximum absolute atomic E-state index is 10.4. The molecule has 0 bridgehead atoms. The number of piperidine rings is 1. The number of rotatable bonds is 3. The molecule has 3 unspecified atom stereocenters. The van der Waals surface area contributed by atoms with Crippen LogP contribution in [0.4, 0.5) is 0 Å². The molecule has 3 rings (SSSR count). The maximum atomic E-state index is 10.4. The fourth-order valence-corrected chi connectivity index (χ4v) is 4.48. The zero-order chi connectivity index (χ0) is 14.7. The third-order valence-electron chi connectivity index (χ3n) is 5.09. The first-order chi connectivity index (χ1) is 10.2. The van der Waals surface area contributed by atoms with Crippen molar-refractivity contribution in [1.82, 2.24) is 9.88 Å². The topological polar surface area (TPSA) is 36.4 Å². The van der Waals surface area contributed by atoms with E-state index in [2.05, 4.69) is 31.9 Å². The second kappa shape index (κ2) is 7.21. The van der Waals surface area contributed by atoms with Crippen LogP contribution in [0.15, 0.2) is 22.9 Å². The lowest BCUT2D eigenvalue weighted by Crippen LogP contribution is -2.48.